The number of nitrogens with zero attached hydrogens (tertiary/aromatic N) is 1. The van der Waals surface area contributed by atoms with E-state index in [0.29, 0.717) is 5.57 Å². The smallest absolute Gasteiger partial charge is 0.330 e. The van der Waals surface area contributed by atoms with Crippen LogP contribution in [0.4, 0.5) is 0 Å². The fourth-order valence-corrected chi connectivity index (χ4v) is 5.37. The van der Waals surface area contributed by atoms with Gasteiger partial charge in [0.15, 0.2) is 22.9 Å². The lowest BCUT2D eigenvalue weighted by Gasteiger charge is -2.39. The number of methoxy groups -OCH3 is 1. The number of aromatic nitrogens is 2. The number of ether oxygens (including phenoxy) is 2. The Bertz CT molecular complexity index is 1060. The van der Waals surface area contributed by atoms with Crippen LogP contribution in [0.1, 0.15) is 47.8 Å². The van der Waals surface area contributed by atoms with Crippen LogP contribution in [0.5, 0.6) is 0 Å². The molecule has 1 aliphatic rings. The van der Waals surface area contributed by atoms with E-state index in [4.69, 9.17) is 18.3 Å². The van der Waals surface area contributed by atoms with Crippen LogP contribution < -0.4 is 11.2 Å². The largest absolute Gasteiger partial charge is 0.466 e. The molecule has 1 fully saturated rings. The van der Waals surface area contributed by atoms with Crippen molar-refractivity contribution in [1.29, 1.82) is 0 Å². The lowest BCUT2D eigenvalue weighted by Crippen LogP contribution is -2.47. The third kappa shape index (κ3) is 6.70. The summed E-state index contributed by atoms with van der Waals surface area (Å²) in [6, 6.07) is 1.26. The van der Waals surface area contributed by atoms with Gasteiger partial charge in [0, 0.05) is 18.3 Å². The Hall–Kier alpha value is -1.80. The minimum absolute atomic E-state index is 0.0237. The molecule has 0 saturated carbocycles. The van der Waals surface area contributed by atoms with Crippen molar-refractivity contribution in [3.05, 3.63) is 44.8 Å². The highest BCUT2D eigenvalue weighted by Gasteiger charge is 2.49. The van der Waals surface area contributed by atoms with Gasteiger partial charge in [-0.2, -0.15) is 0 Å². The van der Waals surface area contributed by atoms with E-state index in [1.807, 2.05) is 0 Å². The molecule has 1 aromatic heterocycles. The van der Waals surface area contributed by atoms with Crippen LogP contribution in [-0.2, 0) is 23.1 Å². The summed E-state index contributed by atoms with van der Waals surface area (Å²) in [4.78, 5) is 39.1. The number of hydrogen-bond donors (Lipinski definition) is 1. The van der Waals surface area contributed by atoms with Crippen molar-refractivity contribution in [3.63, 3.8) is 0 Å². The summed E-state index contributed by atoms with van der Waals surface area (Å²) in [6.45, 7) is 21.4. The van der Waals surface area contributed by atoms with Gasteiger partial charge in [0.1, 0.15) is 12.2 Å². The first-order valence-corrected chi connectivity index (χ1v) is 17.7. The number of aromatic amines is 1. The highest BCUT2D eigenvalue weighted by atomic mass is 28.4. The molecule has 2 rings (SSSR count). The van der Waals surface area contributed by atoms with Gasteiger partial charge in [0.25, 0.3) is 5.56 Å². The Morgan fingerprint density at radius 3 is 2.14 bits per heavy atom. The quantitative estimate of drug-likeness (QED) is 0.325. The van der Waals surface area contributed by atoms with Crippen molar-refractivity contribution < 1.29 is 23.1 Å². The topological polar surface area (TPSA) is 109 Å². The average Bonchev–Trinajstić information content (AvgIpc) is 3.01. The predicted molar refractivity (Wildman–Crippen MR) is 141 cm³/mol. The summed E-state index contributed by atoms with van der Waals surface area (Å²) in [5.41, 5.74) is -0.563. The first-order chi connectivity index (χ1) is 15.8. The first-order valence-electron chi connectivity index (χ1n) is 11.9. The van der Waals surface area contributed by atoms with Crippen molar-refractivity contribution in [3.8, 4) is 0 Å². The molecule has 2 heterocycles. The van der Waals surface area contributed by atoms with Gasteiger partial charge in [0.2, 0.25) is 0 Å². The molecular weight excluding hydrogens is 484 g/mol. The molecule has 198 valence electrons. The van der Waals surface area contributed by atoms with Crippen LogP contribution in [0, 0.1) is 0 Å². The molecule has 0 radical (unpaired) electrons. The van der Waals surface area contributed by atoms with Crippen LogP contribution >= 0.6 is 0 Å². The standard InChI is InChI=1S/C24H42N2O7Si2/c1-23(2,3)34(8,9)31-15-17-16(14-19(28)30-7)20(33-35(10,11)24(4,5)6)21(32-17)26-13-12-18(27)25-22(26)29/h12-14,17,20-21H,15H2,1-11H3,(H,25,27,29)/b16-14+. The van der Waals surface area contributed by atoms with Gasteiger partial charge in [-0.1, -0.05) is 41.5 Å². The second-order valence-corrected chi connectivity index (χ2v) is 21.6. The third-order valence-corrected chi connectivity index (χ3v) is 16.5. The van der Waals surface area contributed by atoms with E-state index in [1.165, 1.54) is 30.0 Å². The maximum absolute atomic E-state index is 12.7. The van der Waals surface area contributed by atoms with E-state index < -0.39 is 52.3 Å². The summed E-state index contributed by atoms with van der Waals surface area (Å²) in [5.74, 6) is -0.542. The second-order valence-electron chi connectivity index (χ2n) is 12.1. The molecule has 0 aliphatic carbocycles. The number of carbonyl (C=O) groups excluding carboxylic acids is 1. The van der Waals surface area contributed by atoms with Gasteiger partial charge in [-0.05, 0) is 41.8 Å². The van der Waals surface area contributed by atoms with Gasteiger partial charge in [-0.25, -0.2) is 9.59 Å². The van der Waals surface area contributed by atoms with Crippen molar-refractivity contribution in [2.75, 3.05) is 13.7 Å². The number of nitrogens with one attached hydrogen (secondary N) is 1. The van der Waals surface area contributed by atoms with Gasteiger partial charge < -0.3 is 18.3 Å². The molecule has 0 bridgehead atoms. The molecule has 3 atom stereocenters. The normalized spacial score (nSPS) is 23.1. The van der Waals surface area contributed by atoms with Crippen molar-refractivity contribution in [2.45, 2.75) is 96.2 Å². The Kier molecular flexibility index (Phi) is 8.65. The van der Waals surface area contributed by atoms with Gasteiger partial charge in [-0.15, -0.1) is 0 Å². The highest BCUT2D eigenvalue weighted by molar-refractivity contribution is 6.74. The second kappa shape index (κ2) is 10.3. The van der Waals surface area contributed by atoms with Gasteiger partial charge >= 0.3 is 11.7 Å². The maximum atomic E-state index is 12.7. The van der Waals surface area contributed by atoms with Crippen LogP contribution in [0.15, 0.2) is 33.5 Å². The number of hydrogen-bond acceptors (Lipinski definition) is 7. The van der Waals surface area contributed by atoms with Gasteiger partial charge in [-0.3, -0.25) is 14.3 Å². The van der Waals surface area contributed by atoms with Gasteiger partial charge in [0.05, 0.1) is 13.7 Å². The molecule has 11 heteroatoms. The van der Waals surface area contributed by atoms with E-state index in [2.05, 4.69) is 72.7 Å². The van der Waals surface area contributed by atoms with E-state index in [9.17, 15) is 14.4 Å². The molecule has 35 heavy (non-hydrogen) atoms. The van der Waals surface area contributed by atoms with E-state index in [1.54, 1.807) is 0 Å². The zero-order chi connectivity index (χ0) is 27.0. The highest BCUT2D eigenvalue weighted by Crippen LogP contribution is 2.44. The van der Waals surface area contributed by atoms with Crippen molar-refractivity contribution >= 4 is 22.6 Å². The van der Waals surface area contributed by atoms with E-state index >= 15 is 0 Å². The minimum Gasteiger partial charge on any atom is -0.466 e. The number of carbonyl (C=O) groups is 1. The van der Waals surface area contributed by atoms with E-state index in [-0.39, 0.29) is 16.7 Å². The van der Waals surface area contributed by atoms with Crippen LogP contribution in [0.25, 0.3) is 0 Å². The molecule has 3 unspecified atom stereocenters. The Balaban J connectivity index is 2.61. The molecule has 1 aliphatic heterocycles. The molecule has 1 saturated heterocycles. The molecule has 9 nitrogen and oxygen atoms in total. The molecule has 0 amide bonds. The SMILES string of the molecule is COC(=O)/C=C1\C(CO[Si](C)(C)C(C)(C)C)OC(n2ccc(=O)[nH]c2=O)C1O[Si](C)(C)C(C)(C)C. The summed E-state index contributed by atoms with van der Waals surface area (Å²) in [6.07, 6.45) is 0.500. The Morgan fingerprint density at radius 1 is 1.09 bits per heavy atom. The van der Waals surface area contributed by atoms with Crippen LogP contribution in [0.3, 0.4) is 0 Å². The molecule has 1 aromatic rings. The fraction of sp³-hybridized carbons (Fsp3) is 0.708. The number of H-pyrrole nitrogens is 1. The average molecular weight is 527 g/mol. The fourth-order valence-electron chi connectivity index (χ4n) is 3.13. The van der Waals surface area contributed by atoms with Crippen LogP contribution in [-0.4, -0.2) is 58.1 Å². The molecular formula is C24H42N2O7Si2. The zero-order valence-electron chi connectivity index (χ0n) is 23.0. The number of esters is 1. The lowest BCUT2D eigenvalue weighted by molar-refractivity contribution is -0.135. The Labute approximate surface area is 210 Å². The monoisotopic (exact) mass is 526 g/mol. The van der Waals surface area contributed by atoms with Crippen LogP contribution in [0.2, 0.25) is 36.3 Å². The maximum Gasteiger partial charge on any atom is 0.330 e. The zero-order valence-corrected chi connectivity index (χ0v) is 25.0. The van der Waals surface area contributed by atoms with E-state index in [0.717, 1.165) is 0 Å². The number of rotatable bonds is 7. The van der Waals surface area contributed by atoms with Crippen molar-refractivity contribution in [2.24, 2.45) is 0 Å². The molecule has 0 aromatic carbocycles. The summed E-state index contributed by atoms with van der Waals surface area (Å²) < 4.78 is 25.8. The third-order valence-electron chi connectivity index (χ3n) is 7.50. The summed E-state index contributed by atoms with van der Waals surface area (Å²) in [5, 5.41) is -0.163. The Morgan fingerprint density at radius 2 is 1.66 bits per heavy atom. The molecule has 0 spiro atoms. The predicted octanol–water partition coefficient (Wildman–Crippen LogP) is 3.95. The lowest BCUT2D eigenvalue weighted by atomic mass is 10.1. The summed E-state index contributed by atoms with van der Waals surface area (Å²) in [7, 11) is -3.22. The van der Waals surface area contributed by atoms with Crippen molar-refractivity contribution in [1.82, 2.24) is 9.55 Å². The first kappa shape index (κ1) is 29.4. The molecule has 1 N–H and O–H groups in total. The minimum atomic E-state index is -2.39. The summed E-state index contributed by atoms with van der Waals surface area (Å²) >= 11 is 0.